The molecular weight excluding hydrogens is 306 g/mol. The molecule has 0 radical (unpaired) electrons. The van der Waals surface area contributed by atoms with Crippen LogP contribution in [0.3, 0.4) is 0 Å². The number of carboxylic acid groups (broad SMARTS) is 1. The summed E-state index contributed by atoms with van der Waals surface area (Å²) in [6, 6.07) is 12.4. The van der Waals surface area contributed by atoms with Gasteiger partial charge in [-0.05, 0) is 43.5 Å². The number of rotatable bonds is 8. The van der Waals surface area contributed by atoms with Crippen LogP contribution < -0.4 is 5.32 Å². The van der Waals surface area contributed by atoms with Gasteiger partial charge in [0.25, 0.3) is 0 Å². The van der Waals surface area contributed by atoms with Crippen LogP contribution >= 0.6 is 0 Å². The average molecular weight is 327 g/mol. The molecule has 2 aromatic rings. The lowest BCUT2D eigenvalue weighted by atomic mass is 10.0. The van der Waals surface area contributed by atoms with Crippen LogP contribution in [0.25, 0.3) is 0 Å². The highest BCUT2D eigenvalue weighted by molar-refractivity contribution is 6.07. The van der Waals surface area contributed by atoms with E-state index in [0.29, 0.717) is 0 Å². The van der Waals surface area contributed by atoms with Gasteiger partial charge in [-0.2, -0.15) is 0 Å². The van der Waals surface area contributed by atoms with E-state index < -0.39 is 5.97 Å². The highest BCUT2D eigenvalue weighted by atomic mass is 16.4. The minimum Gasteiger partial charge on any atom is -0.478 e. The number of aliphatic hydroxyl groups excluding tert-OH is 1. The van der Waals surface area contributed by atoms with Crippen LogP contribution in [-0.2, 0) is 6.42 Å². The highest BCUT2D eigenvalue weighted by Crippen LogP contribution is 2.15. The molecule has 5 nitrogen and oxygen atoms in total. The quantitative estimate of drug-likeness (QED) is 0.649. The predicted molar refractivity (Wildman–Crippen MR) is 92.8 cm³/mol. The summed E-state index contributed by atoms with van der Waals surface area (Å²) in [4.78, 5) is 23.6. The molecular formula is C19H21NO4. The van der Waals surface area contributed by atoms with E-state index in [1.807, 2.05) is 24.3 Å². The van der Waals surface area contributed by atoms with Crippen molar-refractivity contribution in [3.63, 3.8) is 0 Å². The molecule has 0 atom stereocenters. The molecule has 0 saturated carbocycles. The second-order valence-corrected chi connectivity index (χ2v) is 5.66. The number of carbonyl (C=O) groups is 2. The van der Waals surface area contributed by atoms with Gasteiger partial charge in [0.1, 0.15) is 0 Å². The Morgan fingerprint density at radius 3 is 2.38 bits per heavy atom. The van der Waals surface area contributed by atoms with Crippen molar-refractivity contribution in [1.82, 2.24) is 0 Å². The molecule has 0 aliphatic rings. The largest absolute Gasteiger partial charge is 0.478 e. The Morgan fingerprint density at radius 2 is 1.75 bits per heavy atom. The van der Waals surface area contributed by atoms with Gasteiger partial charge in [-0.1, -0.05) is 29.8 Å². The summed E-state index contributed by atoms with van der Waals surface area (Å²) in [5.74, 6) is -1.37. The number of nitrogens with one attached hydrogen (secondary N) is 1. The summed E-state index contributed by atoms with van der Waals surface area (Å²) in [6.45, 7) is 1.98. The van der Waals surface area contributed by atoms with Crippen molar-refractivity contribution in [3.05, 3.63) is 64.7 Å². The van der Waals surface area contributed by atoms with Crippen LogP contribution in [0.1, 0.15) is 38.3 Å². The molecule has 24 heavy (non-hydrogen) atoms. The lowest BCUT2D eigenvalue weighted by Gasteiger charge is -2.09. The van der Waals surface area contributed by atoms with Crippen molar-refractivity contribution in [2.45, 2.75) is 19.8 Å². The number of hydrogen-bond donors (Lipinski definition) is 3. The summed E-state index contributed by atoms with van der Waals surface area (Å²) < 4.78 is 0. The number of carboxylic acids is 1. The SMILES string of the molecule is Cc1ccc(C(=O)CNc2ccc(CCCO)cc2)c(C(=O)O)c1. The Morgan fingerprint density at radius 1 is 1.04 bits per heavy atom. The first kappa shape index (κ1) is 17.7. The fourth-order valence-corrected chi connectivity index (χ4v) is 2.43. The lowest BCUT2D eigenvalue weighted by molar-refractivity contribution is 0.0692. The summed E-state index contributed by atoms with van der Waals surface area (Å²) >= 11 is 0. The summed E-state index contributed by atoms with van der Waals surface area (Å²) in [5, 5.41) is 21.1. The second kappa shape index (κ2) is 8.26. The van der Waals surface area contributed by atoms with Crippen molar-refractivity contribution in [2.75, 3.05) is 18.5 Å². The number of carbonyl (C=O) groups excluding carboxylic acids is 1. The molecule has 2 aromatic carbocycles. The van der Waals surface area contributed by atoms with Gasteiger partial charge in [-0.25, -0.2) is 4.79 Å². The number of aryl methyl sites for hydroxylation is 2. The Labute approximate surface area is 141 Å². The number of ketones is 1. The number of Topliss-reactive ketones (excluding diaryl/α,β-unsaturated/α-hetero) is 1. The third-order valence-electron chi connectivity index (χ3n) is 3.74. The first-order valence-electron chi connectivity index (χ1n) is 7.82. The zero-order valence-electron chi connectivity index (χ0n) is 13.6. The fourth-order valence-electron chi connectivity index (χ4n) is 2.43. The number of hydrogen-bond acceptors (Lipinski definition) is 4. The molecule has 0 heterocycles. The zero-order valence-corrected chi connectivity index (χ0v) is 13.6. The van der Waals surface area contributed by atoms with Gasteiger partial charge in [-0.3, -0.25) is 4.79 Å². The van der Waals surface area contributed by atoms with Gasteiger partial charge in [0.2, 0.25) is 0 Å². The number of aromatic carboxylic acids is 1. The van der Waals surface area contributed by atoms with E-state index in [-0.39, 0.29) is 30.1 Å². The van der Waals surface area contributed by atoms with Crippen LogP contribution in [-0.4, -0.2) is 35.1 Å². The minimum atomic E-state index is -1.10. The molecule has 0 fully saturated rings. The van der Waals surface area contributed by atoms with E-state index in [4.69, 9.17) is 5.11 Å². The lowest BCUT2D eigenvalue weighted by Crippen LogP contribution is -2.17. The van der Waals surface area contributed by atoms with Crippen molar-refractivity contribution in [3.8, 4) is 0 Å². The molecule has 0 aromatic heterocycles. The molecule has 0 unspecified atom stereocenters. The minimum absolute atomic E-state index is 0.0271. The number of aliphatic hydroxyl groups is 1. The molecule has 0 bridgehead atoms. The van der Waals surface area contributed by atoms with Crippen LogP contribution in [0.15, 0.2) is 42.5 Å². The molecule has 5 heteroatoms. The Bertz CT molecular complexity index is 723. The summed E-state index contributed by atoms with van der Waals surface area (Å²) in [5.41, 5.74) is 2.95. The van der Waals surface area contributed by atoms with E-state index in [1.54, 1.807) is 19.1 Å². The van der Waals surface area contributed by atoms with Crippen LogP contribution in [0.4, 0.5) is 5.69 Å². The van der Waals surface area contributed by atoms with Crippen molar-refractivity contribution in [1.29, 1.82) is 0 Å². The zero-order chi connectivity index (χ0) is 17.5. The molecule has 0 amide bonds. The van der Waals surface area contributed by atoms with Gasteiger partial charge in [0, 0.05) is 17.9 Å². The van der Waals surface area contributed by atoms with E-state index in [1.165, 1.54) is 6.07 Å². The van der Waals surface area contributed by atoms with E-state index in [0.717, 1.165) is 29.7 Å². The van der Waals surface area contributed by atoms with Gasteiger partial charge in [0.05, 0.1) is 12.1 Å². The van der Waals surface area contributed by atoms with E-state index >= 15 is 0 Å². The van der Waals surface area contributed by atoms with Crippen molar-refractivity contribution < 1.29 is 19.8 Å². The van der Waals surface area contributed by atoms with Crippen LogP contribution in [0, 0.1) is 6.92 Å². The maximum Gasteiger partial charge on any atom is 0.336 e. The number of benzene rings is 2. The van der Waals surface area contributed by atoms with E-state index in [9.17, 15) is 14.7 Å². The second-order valence-electron chi connectivity index (χ2n) is 5.66. The predicted octanol–water partition coefficient (Wildman–Crippen LogP) is 2.91. The smallest absolute Gasteiger partial charge is 0.336 e. The molecule has 0 saturated heterocycles. The number of anilines is 1. The normalized spacial score (nSPS) is 10.4. The monoisotopic (exact) mass is 327 g/mol. The molecule has 0 spiro atoms. The molecule has 126 valence electrons. The summed E-state index contributed by atoms with van der Waals surface area (Å²) in [7, 11) is 0. The summed E-state index contributed by atoms with van der Waals surface area (Å²) in [6.07, 6.45) is 1.53. The maximum atomic E-state index is 12.3. The first-order chi connectivity index (χ1) is 11.5. The van der Waals surface area contributed by atoms with Crippen LogP contribution in [0.2, 0.25) is 0 Å². The first-order valence-corrected chi connectivity index (χ1v) is 7.82. The average Bonchev–Trinajstić information content (AvgIpc) is 2.58. The van der Waals surface area contributed by atoms with Crippen molar-refractivity contribution >= 4 is 17.4 Å². The highest BCUT2D eigenvalue weighted by Gasteiger charge is 2.16. The van der Waals surface area contributed by atoms with Crippen molar-refractivity contribution in [2.24, 2.45) is 0 Å². The molecule has 3 N–H and O–H groups in total. The van der Waals surface area contributed by atoms with E-state index in [2.05, 4.69) is 5.32 Å². The van der Waals surface area contributed by atoms with Crippen LogP contribution in [0.5, 0.6) is 0 Å². The maximum absolute atomic E-state index is 12.3. The molecule has 0 aliphatic heterocycles. The molecule has 2 rings (SSSR count). The topological polar surface area (TPSA) is 86.6 Å². The Hall–Kier alpha value is -2.66. The molecule has 0 aliphatic carbocycles. The fraction of sp³-hybridized carbons (Fsp3) is 0.263. The van der Waals surface area contributed by atoms with Gasteiger partial charge in [0.15, 0.2) is 5.78 Å². The standard InChI is InChI=1S/C19H21NO4/c1-13-4-9-16(17(11-13)19(23)24)18(22)12-20-15-7-5-14(6-8-15)3-2-10-21/h4-9,11,20-21H,2-3,10,12H2,1H3,(H,23,24). The third-order valence-corrected chi connectivity index (χ3v) is 3.74. The van der Waals surface area contributed by atoms with Gasteiger partial charge >= 0.3 is 5.97 Å². The Kier molecular flexibility index (Phi) is 6.09. The third kappa shape index (κ3) is 4.67. The Balaban J connectivity index is 2.02. The van der Waals surface area contributed by atoms with Gasteiger partial charge < -0.3 is 15.5 Å². The van der Waals surface area contributed by atoms with Gasteiger partial charge in [-0.15, -0.1) is 0 Å².